The van der Waals surface area contributed by atoms with Crippen molar-refractivity contribution >= 4 is 5.97 Å². The van der Waals surface area contributed by atoms with E-state index in [1.807, 2.05) is 6.07 Å². The maximum Gasteiger partial charge on any atom is 0.321 e. The summed E-state index contributed by atoms with van der Waals surface area (Å²) in [6.45, 7) is 1.56. The lowest BCUT2D eigenvalue weighted by Gasteiger charge is -2.22. The number of rotatable bonds is 5. The summed E-state index contributed by atoms with van der Waals surface area (Å²) in [4.78, 5) is 21.4. The summed E-state index contributed by atoms with van der Waals surface area (Å²) in [6, 6.07) is 7.04. The maximum absolute atomic E-state index is 10.9. The van der Waals surface area contributed by atoms with Crippen LogP contribution in [0.3, 0.4) is 0 Å². The number of aliphatic carboxylic acids is 1. The summed E-state index contributed by atoms with van der Waals surface area (Å²) in [5, 5.41) is 11.8. The normalized spacial score (nSPS) is 16.1. The molecule has 86 valence electrons. The lowest BCUT2D eigenvalue weighted by molar-refractivity contribution is -0.139. The second kappa shape index (κ2) is 5.37. The zero-order valence-electron chi connectivity index (χ0n) is 8.91. The van der Waals surface area contributed by atoms with E-state index >= 15 is 0 Å². The van der Waals surface area contributed by atoms with Gasteiger partial charge in [0.05, 0.1) is 6.04 Å². The molecule has 1 aromatic carbocycles. The van der Waals surface area contributed by atoms with Crippen molar-refractivity contribution in [1.82, 2.24) is 0 Å². The first-order valence-corrected chi connectivity index (χ1v) is 4.93. The largest absolute Gasteiger partial charge is 0.480 e. The highest BCUT2D eigenvalue weighted by Gasteiger charge is 2.31. The van der Waals surface area contributed by atoms with Gasteiger partial charge in [-0.25, -0.2) is 0 Å². The van der Waals surface area contributed by atoms with E-state index in [0.29, 0.717) is 5.56 Å². The fourth-order valence-corrected chi connectivity index (χ4v) is 1.68. The predicted molar refractivity (Wildman–Crippen MR) is 60.1 cm³/mol. The highest BCUT2D eigenvalue weighted by Crippen LogP contribution is 2.24. The van der Waals surface area contributed by atoms with Gasteiger partial charge in [0.1, 0.15) is 6.04 Å². The molecule has 0 spiro atoms. The molecule has 0 saturated carbocycles. The number of nitrogens with two attached hydrogens (primary N) is 1. The van der Waals surface area contributed by atoms with Crippen molar-refractivity contribution in [3.63, 3.8) is 0 Å². The van der Waals surface area contributed by atoms with Crippen molar-refractivity contribution in [3.8, 4) is 0 Å². The van der Waals surface area contributed by atoms with Crippen LogP contribution in [0.25, 0.3) is 0 Å². The van der Waals surface area contributed by atoms with Crippen LogP contribution < -0.4 is 5.73 Å². The fraction of sp³-hybridized carbons (Fsp3) is 0.364. The summed E-state index contributed by atoms with van der Waals surface area (Å²) in [5.74, 6) is -1.74. The molecule has 16 heavy (non-hydrogen) atoms. The third-order valence-corrected chi connectivity index (χ3v) is 2.54. The first kappa shape index (κ1) is 12.3. The van der Waals surface area contributed by atoms with Crippen LogP contribution in [0.15, 0.2) is 35.5 Å². The molecule has 1 aromatic rings. The molecule has 0 bridgehead atoms. The van der Waals surface area contributed by atoms with Crippen LogP contribution in [0, 0.1) is 4.91 Å². The molecule has 3 atom stereocenters. The minimum Gasteiger partial charge on any atom is -0.480 e. The molecule has 3 N–H and O–H groups in total. The van der Waals surface area contributed by atoms with Crippen LogP contribution in [0.1, 0.15) is 18.4 Å². The minimum atomic E-state index is -1.13. The van der Waals surface area contributed by atoms with E-state index in [-0.39, 0.29) is 0 Å². The molecule has 0 aliphatic heterocycles. The SMILES string of the molecule is C[C@H](N=O)C(c1ccccc1)[C@H](N)C(=O)O. The maximum atomic E-state index is 10.9. The van der Waals surface area contributed by atoms with E-state index in [0.717, 1.165) is 0 Å². The summed E-state index contributed by atoms with van der Waals surface area (Å²) in [7, 11) is 0. The van der Waals surface area contributed by atoms with E-state index < -0.39 is 24.0 Å². The second-order valence-corrected chi connectivity index (χ2v) is 3.65. The van der Waals surface area contributed by atoms with Crippen molar-refractivity contribution in [3.05, 3.63) is 40.8 Å². The number of carboxylic acids is 1. The van der Waals surface area contributed by atoms with Gasteiger partial charge in [0.2, 0.25) is 0 Å². The summed E-state index contributed by atoms with van der Waals surface area (Å²) in [6.07, 6.45) is 0. The van der Waals surface area contributed by atoms with Crippen molar-refractivity contribution in [1.29, 1.82) is 0 Å². The topological polar surface area (TPSA) is 92.8 Å². The van der Waals surface area contributed by atoms with E-state index in [1.54, 1.807) is 31.2 Å². The Kier molecular flexibility index (Phi) is 4.13. The molecule has 0 aromatic heterocycles. The number of nitrogens with zero attached hydrogens (tertiary/aromatic N) is 1. The molecule has 0 fully saturated rings. The molecule has 1 unspecified atom stereocenters. The van der Waals surface area contributed by atoms with Crippen LogP contribution in [0.2, 0.25) is 0 Å². The summed E-state index contributed by atoms with van der Waals surface area (Å²) >= 11 is 0. The fourth-order valence-electron chi connectivity index (χ4n) is 1.68. The molecule has 0 aliphatic rings. The van der Waals surface area contributed by atoms with E-state index in [9.17, 15) is 9.70 Å². The van der Waals surface area contributed by atoms with Gasteiger partial charge >= 0.3 is 5.97 Å². The molecule has 0 aliphatic carbocycles. The molecule has 0 saturated heterocycles. The van der Waals surface area contributed by atoms with E-state index in [2.05, 4.69) is 5.18 Å². The average molecular weight is 222 g/mol. The van der Waals surface area contributed by atoms with Crippen LogP contribution >= 0.6 is 0 Å². The minimum absolute atomic E-state index is 0.601. The standard InChI is InChI=1S/C11H14N2O3/c1-7(13-16)9(10(12)11(14)15)8-5-3-2-4-6-8/h2-7,9-10H,12H2,1H3,(H,14,15)/t7-,9?,10-/m0/s1. The Balaban J connectivity index is 3.06. The number of carboxylic acid groups (broad SMARTS) is 1. The first-order chi connectivity index (χ1) is 7.57. The van der Waals surface area contributed by atoms with Gasteiger partial charge in [-0.3, -0.25) is 4.79 Å². The van der Waals surface area contributed by atoms with Gasteiger partial charge in [-0.2, -0.15) is 4.91 Å². The van der Waals surface area contributed by atoms with Crippen LogP contribution in [-0.4, -0.2) is 23.2 Å². The molecular formula is C11H14N2O3. The molecule has 5 heteroatoms. The second-order valence-electron chi connectivity index (χ2n) is 3.65. The Morgan fingerprint density at radius 1 is 1.38 bits per heavy atom. The number of hydrogen-bond donors (Lipinski definition) is 2. The van der Waals surface area contributed by atoms with Gasteiger partial charge in [-0.1, -0.05) is 35.5 Å². The number of benzene rings is 1. The number of nitroso groups, excluding NO2 is 1. The Bertz CT molecular complexity index is 367. The highest BCUT2D eigenvalue weighted by molar-refractivity contribution is 5.74. The molecule has 0 heterocycles. The third kappa shape index (κ3) is 2.64. The van der Waals surface area contributed by atoms with E-state index in [1.165, 1.54) is 0 Å². The zero-order valence-corrected chi connectivity index (χ0v) is 8.91. The first-order valence-electron chi connectivity index (χ1n) is 4.93. The molecule has 5 nitrogen and oxygen atoms in total. The lowest BCUT2D eigenvalue weighted by atomic mass is 9.86. The van der Waals surface area contributed by atoms with Gasteiger partial charge < -0.3 is 10.8 Å². The number of hydrogen-bond acceptors (Lipinski definition) is 4. The Hall–Kier alpha value is -1.75. The van der Waals surface area contributed by atoms with Crippen molar-refractivity contribution in [2.24, 2.45) is 10.9 Å². The van der Waals surface area contributed by atoms with Crippen molar-refractivity contribution < 1.29 is 9.90 Å². The van der Waals surface area contributed by atoms with Crippen molar-refractivity contribution in [2.75, 3.05) is 0 Å². The summed E-state index contributed by atoms with van der Waals surface area (Å²) < 4.78 is 0. The van der Waals surface area contributed by atoms with Crippen LogP contribution in [0.4, 0.5) is 0 Å². The summed E-state index contributed by atoms with van der Waals surface area (Å²) in [5.41, 5.74) is 6.28. The lowest BCUT2D eigenvalue weighted by Crippen LogP contribution is -2.40. The predicted octanol–water partition coefficient (Wildman–Crippen LogP) is 1.34. The van der Waals surface area contributed by atoms with Gasteiger partial charge in [-0.05, 0) is 12.5 Å². The molecule has 0 radical (unpaired) electrons. The molecular weight excluding hydrogens is 208 g/mol. The quantitative estimate of drug-likeness (QED) is 0.735. The van der Waals surface area contributed by atoms with Crippen LogP contribution in [-0.2, 0) is 4.79 Å². The Morgan fingerprint density at radius 3 is 2.38 bits per heavy atom. The van der Waals surface area contributed by atoms with Gasteiger partial charge in [0.15, 0.2) is 0 Å². The average Bonchev–Trinajstić information content (AvgIpc) is 2.30. The van der Waals surface area contributed by atoms with Crippen LogP contribution in [0.5, 0.6) is 0 Å². The van der Waals surface area contributed by atoms with Gasteiger partial charge in [0, 0.05) is 5.92 Å². The smallest absolute Gasteiger partial charge is 0.321 e. The van der Waals surface area contributed by atoms with Crippen molar-refractivity contribution in [2.45, 2.75) is 24.9 Å². The highest BCUT2D eigenvalue weighted by atomic mass is 16.4. The third-order valence-electron chi connectivity index (χ3n) is 2.54. The zero-order chi connectivity index (χ0) is 12.1. The van der Waals surface area contributed by atoms with E-state index in [4.69, 9.17) is 10.8 Å². The molecule has 1 rings (SSSR count). The monoisotopic (exact) mass is 222 g/mol. The number of carbonyl (C=O) groups is 1. The van der Waals surface area contributed by atoms with Gasteiger partial charge in [-0.15, -0.1) is 0 Å². The van der Waals surface area contributed by atoms with Gasteiger partial charge in [0.25, 0.3) is 0 Å². The Labute approximate surface area is 93.2 Å². The Morgan fingerprint density at radius 2 is 1.94 bits per heavy atom. The molecule has 0 amide bonds.